The minimum absolute atomic E-state index is 0.116. The van der Waals surface area contributed by atoms with Crippen molar-refractivity contribution in [3.63, 3.8) is 0 Å². The number of para-hydroxylation sites is 1. The molecule has 4 aliphatic heterocycles. The van der Waals surface area contributed by atoms with Crippen molar-refractivity contribution in [1.82, 2.24) is 24.8 Å². The van der Waals surface area contributed by atoms with Crippen LogP contribution in [-0.2, 0) is 30.5 Å². The molecular formula is C26H29N5O6. The number of aliphatic hydroxyl groups excluding tert-OH is 1. The number of amides is 2. The van der Waals surface area contributed by atoms with E-state index in [4.69, 9.17) is 9.47 Å². The molecule has 1 aromatic carbocycles. The van der Waals surface area contributed by atoms with Crippen LogP contribution in [-0.4, -0.2) is 91.2 Å². The number of benzene rings is 1. The van der Waals surface area contributed by atoms with Crippen molar-refractivity contribution in [3.8, 4) is 0 Å². The zero-order chi connectivity index (χ0) is 25.7. The molecule has 4 aliphatic rings. The van der Waals surface area contributed by atoms with E-state index in [1.807, 2.05) is 42.5 Å². The second-order valence-electron chi connectivity index (χ2n) is 10.0. The highest BCUT2D eigenvalue weighted by molar-refractivity contribution is 5.99. The highest BCUT2D eigenvalue weighted by Crippen LogP contribution is 2.53. The maximum absolute atomic E-state index is 14.2. The van der Waals surface area contributed by atoms with Crippen LogP contribution in [0.4, 0.5) is 0 Å². The summed E-state index contributed by atoms with van der Waals surface area (Å²) >= 11 is 0. The van der Waals surface area contributed by atoms with Gasteiger partial charge in [0, 0.05) is 6.54 Å². The van der Waals surface area contributed by atoms with Crippen molar-refractivity contribution in [2.45, 2.75) is 50.2 Å². The van der Waals surface area contributed by atoms with Crippen LogP contribution >= 0.6 is 0 Å². The number of nitrogens with zero attached hydrogens (tertiary/aromatic N) is 5. The van der Waals surface area contributed by atoms with Gasteiger partial charge >= 0.3 is 5.97 Å². The average Bonchev–Trinajstić information content (AvgIpc) is 3.51. The smallest absolute Gasteiger partial charge is 0.312 e. The molecule has 0 aliphatic carbocycles. The fraction of sp³-hybridized carbons (Fsp3) is 0.500. The number of esters is 1. The molecule has 6 atom stereocenters. The third-order valence-corrected chi connectivity index (χ3v) is 7.84. The number of carbonyl (C=O) groups excluding carboxylic acids is 3. The third-order valence-electron chi connectivity index (χ3n) is 7.84. The molecule has 1 spiro atoms. The molecule has 0 saturated carbocycles. The van der Waals surface area contributed by atoms with E-state index in [0.717, 1.165) is 11.9 Å². The average molecular weight is 508 g/mol. The molecule has 1 aromatic heterocycles. The number of rotatable bonds is 4. The van der Waals surface area contributed by atoms with Gasteiger partial charge in [0.25, 0.3) is 5.91 Å². The second-order valence-corrected chi connectivity index (χ2v) is 10.0. The Morgan fingerprint density at radius 3 is 2.86 bits per heavy atom. The molecule has 2 fully saturated rings. The Labute approximate surface area is 213 Å². The largest absolute Gasteiger partial charge is 0.465 e. The van der Waals surface area contributed by atoms with Gasteiger partial charge in [-0.2, -0.15) is 0 Å². The Balaban J connectivity index is 1.42. The minimum Gasteiger partial charge on any atom is -0.465 e. The molecule has 11 nitrogen and oxygen atoms in total. The summed E-state index contributed by atoms with van der Waals surface area (Å²) in [4.78, 5) is 44.3. The number of hydrogen-bond donors (Lipinski definition) is 1. The van der Waals surface area contributed by atoms with Crippen LogP contribution in [0.15, 0.2) is 48.6 Å². The van der Waals surface area contributed by atoms with Crippen LogP contribution in [0.25, 0.3) is 11.0 Å². The summed E-state index contributed by atoms with van der Waals surface area (Å²) in [7, 11) is 0. The van der Waals surface area contributed by atoms with Crippen LogP contribution in [0.3, 0.4) is 0 Å². The molecule has 194 valence electrons. The summed E-state index contributed by atoms with van der Waals surface area (Å²) in [5, 5.41) is 18.4. The van der Waals surface area contributed by atoms with Crippen LogP contribution in [0.1, 0.15) is 19.8 Å². The van der Waals surface area contributed by atoms with E-state index in [9.17, 15) is 19.5 Å². The Morgan fingerprint density at radius 2 is 2.03 bits per heavy atom. The number of carbonyl (C=O) groups is 3. The molecule has 1 N–H and O–H groups in total. The summed E-state index contributed by atoms with van der Waals surface area (Å²) < 4.78 is 13.7. The van der Waals surface area contributed by atoms with E-state index >= 15 is 0 Å². The van der Waals surface area contributed by atoms with Gasteiger partial charge in [0.15, 0.2) is 0 Å². The van der Waals surface area contributed by atoms with E-state index in [1.165, 1.54) is 4.90 Å². The standard InChI is InChI=1S/C26H29N5O6/c1-16(14-32)31-22-24(34)29(15-30-18-9-5-4-8-17(18)27-28-30)12-7-11-26(22)21(23(31)33)20-19(37-26)10-3-2-6-13-36-25(20)35/h3-5,7-11,16,19-22,32H,2,6,12-15H2,1H3/b10-3-/t16?,19-,20?,21+,22-,26?/m1/s1. The van der Waals surface area contributed by atoms with Gasteiger partial charge in [-0.3, -0.25) is 14.4 Å². The first-order valence-corrected chi connectivity index (χ1v) is 12.6. The number of cyclic esters (lactones) is 1. The number of hydrogen-bond acceptors (Lipinski definition) is 8. The molecule has 6 rings (SSSR count). The van der Waals surface area contributed by atoms with Crippen molar-refractivity contribution in [2.24, 2.45) is 11.8 Å². The Kier molecular flexibility index (Phi) is 5.84. The summed E-state index contributed by atoms with van der Waals surface area (Å²) in [6, 6.07) is 5.75. The topological polar surface area (TPSA) is 127 Å². The van der Waals surface area contributed by atoms with E-state index in [1.54, 1.807) is 22.6 Å². The lowest BCUT2D eigenvalue weighted by Gasteiger charge is -2.37. The van der Waals surface area contributed by atoms with Gasteiger partial charge in [0.2, 0.25) is 5.91 Å². The monoisotopic (exact) mass is 507 g/mol. The molecule has 0 bridgehead atoms. The SMILES string of the molecule is CC(CO)N1C(=O)[C@@H]2C3C(=O)OCCC/C=C\[C@H]3OC23C=CCN(Cn2nnc4ccccc42)C(=O)[C@@H]13. The van der Waals surface area contributed by atoms with E-state index < -0.39 is 47.5 Å². The lowest BCUT2D eigenvalue weighted by molar-refractivity contribution is -0.156. The molecule has 2 amide bonds. The van der Waals surface area contributed by atoms with Crippen LogP contribution in [0.2, 0.25) is 0 Å². The predicted molar refractivity (Wildman–Crippen MR) is 129 cm³/mol. The molecule has 5 heterocycles. The van der Waals surface area contributed by atoms with Crippen molar-refractivity contribution < 1.29 is 29.0 Å². The van der Waals surface area contributed by atoms with E-state index in [-0.39, 0.29) is 32.3 Å². The summed E-state index contributed by atoms with van der Waals surface area (Å²) in [5.41, 5.74) is 0.119. The number of ether oxygens (including phenoxy) is 2. The Morgan fingerprint density at radius 1 is 1.19 bits per heavy atom. The summed E-state index contributed by atoms with van der Waals surface area (Å²) in [6.07, 6.45) is 8.04. The maximum atomic E-state index is 14.2. The Hall–Kier alpha value is -3.57. The predicted octanol–water partition coefficient (Wildman–Crippen LogP) is 0.642. The van der Waals surface area contributed by atoms with Gasteiger partial charge in [-0.25, -0.2) is 4.68 Å². The summed E-state index contributed by atoms with van der Waals surface area (Å²) in [5.74, 6) is -3.07. The van der Waals surface area contributed by atoms with E-state index in [2.05, 4.69) is 10.3 Å². The Bertz CT molecular complexity index is 1310. The molecule has 2 saturated heterocycles. The van der Waals surface area contributed by atoms with Crippen molar-refractivity contribution in [3.05, 3.63) is 48.6 Å². The molecule has 0 radical (unpaired) electrons. The van der Waals surface area contributed by atoms with Gasteiger partial charge in [-0.15, -0.1) is 5.10 Å². The molecule has 2 aromatic rings. The van der Waals surface area contributed by atoms with Crippen LogP contribution in [0, 0.1) is 11.8 Å². The first-order valence-electron chi connectivity index (χ1n) is 12.6. The fourth-order valence-corrected chi connectivity index (χ4v) is 6.11. The van der Waals surface area contributed by atoms with Crippen LogP contribution in [0.5, 0.6) is 0 Å². The number of likely N-dealkylation sites (tertiary alicyclic amines) is 1. The first-order chi connectivity index (χ1) is 18.0. The zero-order valence-electron chi connectivity index (χ0n) is 20.5. The lowest BCUT2D eigenvalue weighted by Crippen LogP contribution is -2.57. The first kappa shape index (κ1) is 23.8. The molecule has 37 heavy (non-hydrogen) atoms. The highest BCUT2D eigenvalue weighted by atomic mass is 16.6. The number of aromatic nitrogens is 3. The highest BCUT2D eigenvalue weighted by Gasteiger charge is 2.72. The minimum atomic E-state index is -1.37. The fourth-order valence-electron chi connectivity index (χ4n) is 6.11. The third kappa shape index (κ3) is 3.59. The van der Waals surface area contributed by atoms with Crippen molar-refractivity contribution in [1.29, 1.82) is 0 Å². The quantitative estimate of drug-likeness (QED) is 0.472. The van der Waals surface area contributed by atoms with Crippen molar-refractivity contribution >= 4 is 28.8 Å². The van der Waals surface area contributed by atoms with Crippen LogP contribution < -0.4 is 0 Å². The number of allylic oxidation sites excluding steroid dienone is 1. The number of aliphatic hydroxyl groups is 1. The molecule has 11 heteroatoms. The normalized spacial score (nSPS) is 33.2. The number of fused-ring (bicyclic) bond motifs is 3. The zero-order valence-corrected chi connectivity index (χ0v) is 20.5. The van der Waals surface area contributed by atoms with E-state index in [0.29, 0.717) is 11.9 Å². The van der Waals surface area contributed by atoms with Gasteiger partial charge in [-0.1, -0.05) is 41.7 Å². The van der Waals surface area contributed by atoms with Gasteiger partial charge in [0.05, 0.1) is 36.8 Å². The second kappa shape index (κ2) is 9.07. The summed E-state index contributed by atoms with van der Waals surface area (Å²) in [6.45, 7) is 1.98. The molecular weight excluding hydrogens is 478 g/mol. The maximum Gasteiger partial charge on any atom is 0.312 e. The molecule has 3 unspecified atom stereocenters. The lowest BCUT2D eigenvalue weighted by atomic mass is 9.78. The van der Waals surface area contributed by atoms with Gasteiger partial charge < -0.3 is 24.4 Å². The van der Waals surface area contributed by atoms with Gasteiger partial charge in [-0.05, 0) is 31.9 Å². The van der Waals surface area contributed by atoms with Gasteiger partial charge in [0.1, 0.15) is 29.7 Å². The van der Waals surface area contributed by atoms with Crippen molar-refractivity contribution in [2.75, 3.05) is 19.8 Å².